The number of hydrogen-bond acceptors (Lipinski definition) is 6. The Morgan fingerprint density at radius 2 is 2.00 bits per heavy atom. The van der Waals surface area contributed by atoms with Crippen molar-refractivity contribution >= 4 is 16.9 Å². The minimum Gasteiger partial charge on any atom is -0.339 e. The Kier molecular flexibility index (Phi) is 5.14. The van der Waals surface area contributed by atoms with Crippen LogP contribution in [0.5, 0.6) is 0 Å². The summed E-state index contributed by atoms with van der Waals surface area (Å²) in [5, 5.41) is 14.0. The van der Waals surface area contributed by atoms with Crippen LogP contribution in [0.4, 0.5) is 0 Å². The van der Waals surface area contributed by atoms with Crippen LogP contribution in [0.1, 0.15) is 18.4 Å². The van der Waals surface area contributed by atoms with Crippen LogP contribution in [-0.4, -0.2) is 82.5 Å². The number of nitrogens with one attached hydrogen (secondary N) is 2. The third-order valence-corrected chi connectivity index (χ3v) is 5.61. The molecule has 1 atom stereocenters. The molecule has 1 aromatic carbocycles. The number of nitrogens with zero attached hydrogens (tertiary/aromatic N) is 4. The van der Waals surface area contributed by atoms with Gasteiger partial charge in [-0.2, -0.15) is 0 Å². The first-order chi connectivity index (χ1) is 12.7. The van der Waals surface area contributed by atoms with Gasteiger partial charge in [0.05, 0.1) is 11.6 Å². The average molecular weight is 357 g/mol. The lowest BCUT2D eigenvalue weighted by Gasteiger charge is -2.41. The van der Waals surface area contributed by atoms with Gasteiger partial charge in [0.1, 0.15) is 5.52 Å². The maximum atomic E-state index is 12.7. The number of fused-ring (bicyclic) bond motifs is 1. The predicted octanol–water partition coefficient (Wildman–Crippen LogP) is -0.276. The van der Waals surface area contributed by atoms with E-state index < -0.39 is 6.04 Å². The Labute approximate surface area is 153 Å². The third-order valence-electron chi connectivity index (χ3n) is 5.61. The summed E-state index contributed by atoms with van der Waals surface area (Å²) in [5.41, 5.74) is 8.93. The summed E-state index contributed by atoms with van der Waals surface area (Å²) in [5.74, 6) is 0.0511. The van der Waals surface area contributed by atoms with E-state index in [1.807, 2.05) is 23.1 Å². The molecule has 26 heavy (non-hydrogen) atoms. The number of amides is 1. The molecule has 0 spiro atoms. The van der Waals surface area contributed by atoms with Crippen molar-refractivity contribution in [1.82, 2.24) is 30.5 Å². The molecule has 2 aliphatic rings. The number of benzene rings is 1. The fourth-order valence-corrected chi connectivity index (χ4v) is 4.07. The maximum absolute atomic E-state index is 12.7. The molecule has 0 radical (unpaired) electrons. The molecule has 4 N–H and O–H groups in total. The molecule has 1 amide bonds. The first-order valence-corrected chi connectivity index (χ1v) is 9.49. The van der Waals surface area contributed by atoms with Crippen LogP contribution in [0.3, 0.4) is 0 Å². The molecule has 2 saturated heterocycles. The van der Waals surface area contributed by atoms with Gasteiger partial charge in [0.2, 0.25) is 5.91 Å². The lowest BCUT2D eigenvalue weighted by molar-refractivity contribution is -0.134. The van der Waals surface area contributed by atoms with Crippen LogP contribution in [0.2, 0.25) is 0 Å². The molecule has 0 aliphatic carbocycles. The van der Waals surface area contributed by atoms with Crippen molar-refractivity contribution in [3.05, 3.63) is 23.8 Å². The van der Waals surface area contributed by atoms with Gasteiger partial charge in [0.15, 0.2) is 0 Å². The molecule has 1 unspecified atom stereocenters. The molecule has 0 bridgehead atoms. The van der Waals surface area contributed by atoms with E-state index in [0.717, 1.165) is 55.9 Å². The minimum absolute atomic E-state index is 0.0511. The van der Waals surface area contributed by atoms with E-state index >= 15 is 0 Å². The molecule has 8 heteroatoms. The summed E-state index contributed by atoms with van der Waals surface area (Å²) in [7, 11) is 0. The highest BCUT2D eigenvalue weighted by Gasteiger charge is 2.29. The molecule has 2 aromatic rings. The molecule has 3 heterocycles. The molecule has 0 saturated carbocycles. The third kappa shape index (κ3) is 3.72. The van der Waals surface area contributed by atoms with Crippen LogP contribution in [0.15, 0.2) is 18.2 Å². The Bertz CT molecular complexity index is 747. The van der Waals surface area contributed by atoms with Crippen molar-refractivity contribution in [2.75, 3.05) is 39.3 Å². The number of carbonyl (C=O) groups is 1. The number of rotatable bonds is 4. The summed E-state index contributed by atoms with van der Waals surface area (Å²) < 4.78 is 0. The van der Waals surface area contributed by atoms with Gasteiger partial charge in [-0.15, -0.1) is 5.10 Å². The standard InChI is InChI=1S/C18H27N7O/c19-15(11-13-1-2-16-17(12-13)22-23-21-16)18(26)25-9-7-24(8-10-25)14-3-5-20-6-4-14/h1-2,12,14-15,20H,3-11,19H2,(H,21,22,23). The molecule has 140 valence electrons. The van der Waals surface area contributed by atoms with Gasteiger partial charge in [-0.1, -0.05) is 11.3 Å². The zero-order valence-corrected chi connectivity index (χ0v) is 15.0. The zero-order valence-electron chi connectivity index (χ0n) is 15.0. The molecule has 4 rings (SSSR count). The normalized spacial score (nSPS) is 21.2. The SMILES string of the molecule is NC(Cc1ccc2[nH]nnc2c1)C(=O)N1CCN(C2CCNCC2)CC1. The van der Waals surface area contributed by atoms with E-state index in [0.29, 0.717) is 12.5 Å². The second-order valence-electron chi connectivity index (χ2n) is 7.32. The summed E-state index contributed by atoms with van der Waals surface area (Å²) in [4.78, 5) is 17.2. The first-order valence-electron chi connectivity index (χ1n) is 9.49. The van der Waals surface area contributed by atoms with E-state index in [1.54, 1.807) is 0 Å². The summed E-state index contributed by atoms with van der Waals surface area (Å²) in [6.45, 7) is 5.66. The van der Waals surface area contributed by atoms with Crippen molar-refractivity contribution in [1.29, 1.82) is 0 Å². The van der Waals surface area contributed by atoms with E-state index in [4.69, 9.17) is 5.73 Å². The number of carbonyl (C=O) groups excluding carboxylic acids is 1. The molecule has 1 aromatic heterocycles. The van der Waals surface area contributed by atoms with Gasteiger partial charge >= 0.3 is 0 Å². The number of H-pyrrole nitrogens is 1. The predicted molar refractivity (Wildman–Crippen MR) is 99.6 cm³/mol. The van der Waals surface area contributed by atoms with Gasteiger partial charge < -0.3 is 16.0 Å². The van der Waals surface area contributed by atoms with Crippen LogP contribution in [-0.2, 0) is 11.2 Å². The quantitative estimate of drug-likeness (QED) is 0.696. The average Bonchev–Trinajstić information content (AvgIpc) is 3.16. The number of piperidine rings is 1. The van der Waals surface area contributed by atoms with Crippen LogP contribution < -0.4 is 11.1 Å². The number of hydrogen-bond donors (Lipinski definition) is 3. The van der Waals surface area contributed by atoms with Crippen molar-refractivity contribution in [2.45, 2.75) is 31.3 Å². The van der Waals surface area contributed by atoms with Crippen LogP contribution >= 0.6 is 0 Å². The number of piperazine rings is 1. The molecular weight excluding hydrogens is 330 g/mol. The van der Waals surface area contributed by atoms with Crippen molar-refractivity contribution < 1.29 is 4.79 Å². The Hall–Kier alpha value is -2.03. The van der Waals surface area contributed by atoms with Crippen LogP contribution in [0, 0.1) is 0 Å². The van der Waals surface area contributed by atoms with Gasteiger partial charge in [-0.25, -0.2) is 0 Å². The lowest BCUT2D eigenvalue weighted by atomic mass is 10.0. The van der Waals surface area contributed by atoms with Crippen LogP contribution in [0.25, 0.3) is 11.0 Å². The topological polar surface area (TPSA) is 103 Å². The van der Waals surface area contributed by atoms with Crippen molar-refractivity contribution in [2.24, 2.45) is 5.73 Å². The van der Waals surface area contributed by atoms with Gasteiger partial charge in [-0.05, 0) is 50.0 Å². The Morgan fingerprint density at radius 1 is 1.23 bits per heavy atom. The second-order valence-corrected chi connectivity index (χ2v) is 7.32. The monoisotopic (exact) mass is 357 g/mol. The second kappa shape index (κ2) is 7.69. The van der Waals surface area contributed by atoms with Gasteiger partial charge in [0.25, 0.3) is 0 Å². The summed E-state index contributed by atoms with van der Waals surface area (Å²) in [6, 6.07) is 6.01. The smallest absolute Gasteiger partial charge is 0.239 e. The minimum atomic E-state index is -0.509. The summed E-state index contributed by atoms with van der Waals surface area (Å²) >= 11 is 0. The van der Waals surface area contributed by atoms with E-state index in [1.165, 1.54) is 12.8 Å². The summed E-state index contributed by atoms with van der Waals surface area (Å²) in [6.07, 6.45) is 2.94. The largest absolute Gasteiger partial charge is 0.339 e. The number of aromatic nitrogens is 3. The van der Waals surface area contributed by atoms with E-state index in [9.17, 15) is 4.79 Å². The molecule has 2 aliphatic heterocycles. The molecule has 2 fully saturated rings. The maximum Gasteiger partial charge on any atom is 0.239 e. The highest BCUT2D eigenvalue weighted by Crippen LogP contribution is 2.16. The lowest BCUT2D eigenvalue weighted by Crippen LogP contribution is -2.56. The fourth-order valence-electron chi connectivity index (χ4n) is 4.07. The van der Waals surface area contributed by atoms with Crippen molar-refractivity contribution in [3.63, 3.8) is 0 Å². The van der Waals surface area contributed by atoms with Gasteiger partial charge in [-0.3, -0.25) is 14.8 Å². The van der Waals surface area contributed by atoms with E-state index in [-0.39, 0.29) is 5.91 Å². The zero-order chi connectivity index (χ0) is 17.9. The highest BCUT2D eigenvalue weighted by atomic mass is 16.2. The van der Waals surface area contributed by atoms with Crippen molar-refractivity contribution in [3.8, 4) is 0 Å². The highest BCUT2D eigenvalue weighted by molar-refractivity contribution is 5.82. The van der Waals surface area contributed by atoms with E-state index in [2.05, 4.69) is 25.6 Å². The number of aromatic amines is 1. The Morgan fingerprint density at radius 3 is 2.77 bits per heavy atom. The van der Waals surface area contributed by atoms with Gasteiger partial charge in [0, 0.05) is 32.2 Å². The molecular formula is C18H27N7O. The fraction of sp³-hybridized carbons (Fsp3) is 0.611. The Balaban J connectivity index is 1.31. The molecule has 8 nitrogen and oxygen atoms in total. The number of nitrogens with two attached hydrogens (primary N) is 1. The first kappa shape index (κ1) is 17.4.